The van der Waals surface area contributed by atoms with E-state index < -0.39 is 85.4 Å². The van der Waals surface area contributed by atoms with Crippen molar-refractivity contribution >= 4 is 166 Å². The molecule has 16 aromatic rings. The molecule has 0 N–H and O–H groups in total. The van der Waals surface area contributed by atoms with Crippen LogP contribution in [-0.2, 0) is 19.2 Å². The summed E-state index contributed by atoms with van der Waals surface area (Å²) in [5, 5.41) is 6.41. The van der Waals surface area contributed by atoms with Crippen molar-refractivity contribution in [2.75, 3.05) is 40.9 Å². The molecule has 4 saturated carbocycles. The topological polar surface area (TPSA) is 246 Å². The molecule has 0 bridgehead atoms. The lowest BCUT2D eigenvalue weighted by atomic mass is 9.46. The molecule has 8 aliphatic rings. The third kappa shape index (κ3) is 19.0. The van der Waals surface area contributed by atoms with Gasteiger partial charge in [0.1, 0.15) is 37.2 Å². The SMILES string of the molecule is CC1CC2CCC3CC(c4cccc5cc6ccccc6cc45)CC4CCC(C1)C2C34.Cc1ccc(N(c2ccc(C)cc2)c2cccc(C)c2)cc1.Cc1ccc(N(c2ccc(C)cc2)c2cccc(OC(=O)CN3C(=O)c4ccc5c6c(ccc(c46)C3=O)C(=O)N(CC=O)C5=O)c2)cc1.Cc1ccc(N(c2ccc(C)cc2)c2cccc(OC(=O)CN3C(=O)c4ccc5c6c(ccc(c46)C3=O)C(=O)N(CC=O)C5=O)c2)cc1. The summed E-state index contributed by atoms with van der Waals surface area (Å²) in [6, 6.07) is 104. The van der Waals surface area contributed by atoms with Gasteiger partial charge in [0.2, 0.25) is 0 Å². The first kappa shape index (κ1) is 97.9. The molecule has 4 unspecified atom stereocenters. The van der Waals surface area contributed by atoms with Gasteiger partial charge in [-0.25, -0.2) is 9.59 Å². The summed E-state index contributed by atoms with van der Waals surface area (Å²) in [6.45, 7) is 14.8. The minimum Gasteiger partial charge on any atom is -0.425 e. The van der Waals surface area contributed by atoms with E-state index in [9.17, 15) is 57.5 Å². The Kier molecular flexibility index (Phi) is 26.9. The Morgan fingerprint density at radius 3 is 0.866 bits per heavy atom. The zero-order valence-electron chi connectivity index (χ0n) is 84.2. The average molecular weight is 1970 g/mol. The predicted molar refractivity (Wildman–Crippen MR) is 581 cm³/mol. The molecule has 4 aliphatic heterocycles. The summed E-state index contributed by atoms with van der Waals surface area (Å²) < 4.78 is 11.3. The van der Waals surface area contributed by atoms with Gasteiger partial charge in [0, 0.05) is 129 Å². The normalized spacial score (nSPS) is 18.5. The molecule has 24 rings (SSSR count). The van der Waals surface area contributed by atoms with Crippen LogP contribution in [-0.4, -0.2) is 118 Å². The number of fused-ring (bicyclic) bond motifs is 2. The molecule has 21 heteroatoms. The molecular formula is C128H111N7O14. The molecular weight excluding hydrogens is 1860 g/mol. The fourth-order valence-corrected chi connectivity index (χ4v) is 24.3. The van der Waals surface area contributed by atoms with E-state index >= 15 is 0 Å². The second-order valence-corrected chi connectivity index (χ2v) is 41.0. The van der Waals surface area contributed by atoms with E-state index in [2.05, 4.69) is 160 Å². The van der Waals surface area contributed by atoms with Gasteiger partial charge < -0.3 is 33.8 Å². The molecule has 16 aromatic carbocycles. The van der Waals surface area contributed by atoms with Gasteiger partial charge in [-0.05, 0) is 350 Å². The maximum absolute atomic E-state index is 13.6. The fraction of sp³-hybridized carbons (Fsp3) is 0.219. The van der Waals surface area contributed by atoms with E-state index in [1.165, 1.54) is 155 Å². The van der Waals surface area contributed by atoms with Crippen molar-refractivity contribution in [2.45, 2.75) is 113 Å². The lowest BCUT2D eigenvalue weighted by Gasteiger charge is -2.59. The van der Waals surface area contributed by atoms with Gasteiger partial charge in [0.05, 0.1) is 13.1 Å². The zero-order chi connectivity index (χ0) is 103. The Balaban J connectivity index is 0.000000121. The molecule has 149 heavy (non-hydrogen) atoms. The molecule has 0 saturated heterocycles. The highest BCUT2D eigenvalue weighted by Crippen LogP contribution is 2.63. The molecule has 21 nitrogen and oxygen atoms in total. The van der Waals surface area contributed by atoms with E-state index in [0.29, 0.717) is 12.6 Å². The van der Waals surface area contributed by atoms with Crippen molar-refractivity contribution in [3.05, 3.63) is 411 Å². The summed E-state index contributed by atoms with van der Waals surface area (Å²) in [7, 11) is 0. The molecule has 4 fully saturated rings. The smallest absolute Gasteiger partial charge is 0.331 e. The first-order valence-corrected chi connectivity index (χ1v) is 51.1. The number of hydrogen-bond acceptors (Lipinski definition) is 17. The zero-order valence-corrected chi connectivity index (χ0v) is 84.2. The standard InChI is InChI=1S/2C38H27N3O7.C31H36.C21H21N/c2*1-22-6-10-24(11-7-22)41(25-12-8-23(2)9-13-25)26-4-3-5-27(20-26)48-32(43)21-40-37(46)30-16-14-28-33-29(15-17-31(34(30)33)38(40)47)36(45)39(18-19-42)35(28)44;1-19-13-23-9-11-25-16-27(17-26-12-10-24(14-19)30(23)31(25)26)28-8-4-7-22-15-20-5-2-3-6-21(20)18-29(22)28;1-16-7-11-19(12-8-16)22(20-13-9-17(2)10-14-20)21-6-4-5-18(3)15-21/h2*3-17,19-20H,18,21H2,1-2H3;2-8,15,18-19,23-27,30-31H,9-14,16-17H2,1H3;4-15H,1-3H3. The van der Waals surface area contributed by atoms with Crippen LogP contribution in [0.3, 0.4) is 0 Å². The van der Waals surface area contributed by atoms with Crippen LogP contribution in [0.5, 0.6) is 11.5 Å². The predicted octanol–water partition coefficient (Wildman–Crippen LogP) is 26.5. The molecule has 8 amide bonds. The maximum Gasteiger partial charge on any atom is 0.331 e. The van der Waals surface area contributed by atoms with Crippen LogP contribution in [0.25, 0.3) is 43.1 Å². The van der Waals surface area contributed by atoms with E-state index in [-0.39, 0.29) is 77.6 Å². The molecule has 742 valence electrons. The number of aldehydes is 2. The lowest BCUT2D eigenvalue weighted by Crippen LogP contribution is -2.51. The number of hydrogen-bond donors (Lipinski definition) is 0. The minimum atomic E-state index is -0.838. The largest absolute Gasteiger partial charge is 0.425 e. The fourth-order valence-electron chi connectivity index (χ4n) is 24.3. The van der Waals surface area contributed by atoms with Crippen LogP contribution in [0, 0.1) is 89.9 Å². The van der Waals surface area contributed by atoms with Crippen molar-refractivity contribution < 1.29 is 67.0 Å². The Labute approximate surface area is 864 Å². The number of benzene rings is 16. The third-order valence-electron chi connectivity index (χ3n) is 31.1. The Hall–Kier alpha value is -17.2. The van der Waals surface area contributed by atoms with Gasteiger partial charge in [0.25, 0.3) is 47.3 Å². The van der Waals surface area contributed by atoms with Crippen LogP contribution < -0.4 is 24.2 Å². The van der Waals surface area contributed by atoms with E-state index in [0.717, 1.165) is 123 Å². The number of ether oxygens (including phenoxy) is 2. The summed E-state index contributed by atoms with van der Waals surface area (Å²) >= 11 is 0. The first-order valence-electron chi connectivity index (χ1n) is 51.1. The quantitative estimate of drug-likeness (QED) is 0.0226. The second kappa shape index (κ2) is 41.0. The average Bonchev–Trinajstić information content (AvgIpc) is 0.715. The van der Waals surface area contributed by atoms with Crippen LogP contribution in [0.1, 0.15) is 192 Å². The first-order chi connectivity index (χ1) is 72.2. The number of nitrogens with zero attached hydrogens (tertiary/aromatic N) is 7. The van der Waals surface area contributed by atoms with E-state index in [1.807, 2.05) is 147 Å². The van der Waals surface area contributed by atoms with E-state index in [1.54, 1.807) is 42.0 Å². The van der Waals surface area contributed by atoms with Gasteiger partial charge in [0.15, 0.2) is 0 Å². The maximum atomic E-state index is 13.6. The van der Waals surface area contributed by atoms with Crippen molar-refractivity contribution in [1.82, 2.24) is 19.6 Å². The van der Waals surface area contributed by atoms with Crippen molar-refractivity contribution in [3.63, 3.8) is 0 Å². The Morgan fingerprint density at radius 2 is 0.557 bits per heavy atom. The monoisotopic (exact) mass is 1970 g/mol. The van der Waals surface area contributed by atoms with Gasteiger partial charge in [-0.1, -0.05) is 180 Å². The van der Waals surface area contributed by atoms with Crippen LogP contribution in [0.2, 0.25) is 0 Å². The van der Waals surface area contributed by atoms with Crippen LogP contribution in [0.4, 0.5) is 51.2 Å². The van der Waals surface area contributed by atoms with Gasteiger partial charge >= 0.3 is 11.9 Å². The number of aryl methyl sites for hydroxylation is 7. The number of carbonyl (C=O) groups is 12. The highest BCUT2D eigenvalue weighted by Gasteiger charge is 2.54. The number of anilines is 9. The van der Waals surface area contributed by atoms with Crippen molar-refractivity contribution in [2.24, 2.45) is 41.4 Å². The van der Waals surface area contributed by atoms with E-state index in [4.69, 9.17) is 9.47 Å². The molecule has 0 radical (unpaired) electrons. The highest BCUT2D eigenvalue weighted by atomic mass is 16.5. The van der Waals surface area contributed by atoms with Crippen LogP contribution >= 0.6 is 0 Å². The molecule has 4 heterocycles. The number of imide groups is 4. The third-order valence-corrected chi connectivity index (χ3v) is 31.1. The number of carbonyl (C=O) groups excluding carboxylic acids is 12. The minimum absolute atomic E-state index is 0.0660. The Morgan fingerprint density at radius 1 is 0.282 bits per heavy atom. The molecule has 0 aromatic heterocycles. The summed E-state index contributed by atoms with van der Waals surface area (Å²) in [5.41, 5.74) is 19.2. The molecule has 4 atom stereocenters. The molecule has 4 aliphatic carbocycles. The lowest BCUT2D eigenvalue weighted by molar-refractivity contribution is -0.135. The summed E-state index contributed by atoms with van der Waals surface area (Å²) in [6.07, 6.45) is 13.0. The van der Waals surface area contributed by atoms with Crippen molar-refractivity contribution in [1.29, 1.82) is 0 Å². The number of rotatable bonds is 20. The van der Waals surface area contributed by atoms with Crippen LogP contribution in [0.15, 0.2) is 322 Å². The second-order valence-electron chi connectivity index (χ2n) is 41.0. The number of esters is 2. The highest BCUT2D eigenvalue weighted by molar-refractivity contribution is 6.35. The number of amides is 8. The van der Waals surface area contributed by atoms with Gasteiger partial charge in [-0.15, -0.1) is 0 Å². The summed E-state index contributed by atoms with van der Waals surface area (Å²) in [4.78, 5) is 165. The molecule has 0 spiro atoms. The van der Waals surface area contributed by atoms with Crippen molar-refractivity contribution in [3.8, 4) is 11.5 Å². The van der Waals surface area contributed by atoms with Gasteiger partial charge in [-0.2, -0.15) is 0 Å². The summed E-state index contributed by atoms with van der Waals surface area (Å²) in [5.74, 6) is 0.975. The van der Waals surface area contributed by atoms with Gasteiger partial charge in [-0.3, -0.25) is 58.0 Å². The Bertz CT molecular complexity index is 7500.